The molecule has 0 unspecified atom stereocenters. The van der Waals surface area contributed by atoms with Gasteiger partial charge in [0.2, 0.25) is 0 Å². The lowest BCUT2D eigenvalue weighted by atomic mass is 10.1. The van der Waals surface area contributed by atoms with Crippen molar-refractivity contribution in [2.75, 3.05) is 32.1 Å². The molecular weight excluding hydrogens is 218 g/mol. The van der Waals surface area contributed by atoms with Gasteiger partial charge in [-0.25, -0.2) is 4.98 Å². The van der Waals surface area contributed by atoms with E-state index in [1.807, 2.05) is 6.07 Å². The van der Waals surface area contributed by atoms with Crippen LogP contribution in [0.15, 0.2) is 12.1 Å². The van der Waals surface area contributed by atoms with Crippen LogP contribution in [0.25, 0.3) is 0 Å². The van der Waals surface area contributed by atoms with Crippen molar-refractivity contribution in [2.45, 2.75) is 13.0 Å². The second-order valence-electron chi connectivity index (χ2n) is 4.51. The highest BCUT2D eigenvalue weighted by atomic mass is 16.4. The van der Waals surface area contributed by atoms with Gasteiger partial charge in [-0.3, -0.25) is 4.79 Å². The molecule has 0 radical (unpaired) electrons. The summed E-state index contributed by atoms with van der Waals surface area (Å²) < 4.78 is 0. The van der Waals surface area contributed by atoms with Gasteiger partial charge in [-0.15, -0.1) is 0 Å². The molecule has 0 amide bonds. The first kappa shape index (κ1) is 11.9. The van der Waals surface area contributed by atoms with Gasteiger partial charge in [0.15, 0.2) is 0 Å². The minimum absolute atomic E-state index is 0.0262. The quantitative estimate of drug-likeness (QED) is 0.831. The molecule has 1 aliphatic rings. The fourth-order valence-electron chi connectivity index (χ4n) is 2.03. The number of rotatable bonds is 3. The largest absolute Gasteiger partial charge is 0.480 e. The van der Waals surface area contributed by atoms with E-state index in [4.69, 9.17) is 5.11 Å². The monoisotopic (exact) mass is 235 g/mol. The Morgan fingerprint density at radius 2 is 2.35 bits per heavy atom. The van der Waals surface area contributed by atoms with E-state index in [-0.39, 0.29) is 6.54 Å². The van der Waals surface area contributed by atoms with Crippen molar-refractivity contribution in [1.82, 2.24) is 9.88 Å². The van der Waals surface area contributed by atoms with E-state index < -0.39 is 5.97 Å². The van der Waals surface area contributed by atoms with E-state index >= 15 is 0 Å². The van der Waals surface area contributed by atoms with Crippen molar-refractivity contribution >= 4 is 11.8 Å². The smallest absolute Gasteiger partial charge is 0.323 e. The molecule has 0 bridgehead atoms. The Bertz CT molecular complexity index is 434. The molecule has 0 saturated carbocycles. The van der Waals surface area contributed by atoms with Gasteiger partial charge >= 0.3 is 5.97 Å². The highest BCUT2D eigenvalue weighted by Gasteiger charge is 2.16. The van der Waals surface area contributed by atoms with Gasteiger partial charge in [-0.05, 0) is 25.1 Å². The number of aliphatic carboxylic acids is 1. The molecule has 0 aliphatic carbocycles. The van der Waals surface area contributed by atoms with Gasteiger partial charge < -0.3 is 14.9 Å². The summed E-state index contributed by atoms with van der Waals surface area (Å²) in [5.74, 6) is -0.120. The molecule has 5 nitrogen and oxygen atoms in total. The summed E-state index contributed by atoms with van der Waals surface area (Å²) in [5.41, 5.74) is 2.34. The summed E-state index contributed by atoms with van der Waals surface area (Å²) in [7, 11) is 3.81. The standard InChI is InChI=1S/C12H17N3O2/c1-14-6-5-9-3-4-11(13-10(9)7-14)15(2)8-12(16)17/h3-4H,5-8H2,1-2H3,(H,16,17). The fourth-order valence-corrected chi connectivity index (χ4v) is 2.03. The van der Waals surface area contributed by atoms with Crippen LogP contribution < -0.4 is 4.90 Å². The zero-order valence-electron chi connectivity index (χ0n) is 10.2. The van der Waals surface area contributed by atoms with E-state index in [9.17, 15) is 4.79 Å². The third kappa shape index (κ3) is 2.74. The number of carbonyl (C=O) groups is 1. The molecule has 2 heterocycles. The second kappa shape index (κ2) is 4.71. The summed E-state index contributed by atoms with van der Waals surface area (Å²) in [6.45, 7) is 1.87. The van der Waals surface area contributed by atoms with Gasteiger partial charge in [0.05, 0.1) is 5.69 Å². The van der Waals surface area contributed by atoms with E-state index in [0.29, 0.717) is 0 Å². The highest BCUT2D eigenvalue weighted by Crippen LogP contribution is 2.19. The molecule has 1 N–H and O–H groups in total. The zero-order chi connectivity index (χ0) is 12.4. The number of carboxylic acids is 1. The number of hydrogen-bond acceptors (Lipinski definition) is 4. The molecule has 1 aromatic heterocycles. The van der Waals surface area contributed by atoms with E-state index in [1.165, 1.54) is 5.56 Å². The van der Waals surface area contributed by atoms with Crippen LogP contribution in [0.5, 0.6) is 0 Å². The van der Waals surface area contributed by atoms with Crippen molar-refractivity contribution in [1.29, 1.82) is 0 Å². The lowest BCUT2D eigenvalue weighted by Gasteiger charge is -2.25. The Balaban J connectivity index is 2.20. The number of aromatic nitrogens is 1. The molecular formula is C12H17N3O2. The molecule has 17 heavy (non-hydrogen) atoms. The maximum atomic E-state index is 10.6. The Hall–Kier alpha value is -1.62. The van der Waals surface area contributed by atoms with Crippen molar-refractivity contribution in [2.24, 2.45) is 0 Å². The average molecular weight is 235 g/mol. The van der Waals surface area contributed by atoms with Gasteiger partial charge in [0, 0.05) is 20.1 Å². The van der Waals surface area contributed by atoms with E-state index in [1.54, 1.807) is 11.9 Å². The third-order valence-electron chi connectivity index (χ3n) is 3.00. The summed E-state index contributed by atoms with van der Waals surface area (Å²) in [5, 5.41) is 8.75. The van der Waals surface area contributed by atoms with Gasteiger partial charge in [-0.2, -0.15) is 0 Å². The van der Waals surface area contributed by atoms with Crippen molar-refractivity contribution in [3.05, 3.63) is 23.4 Å². The van der Waals surface area contributed by atoms with Crippen LogP contribution in [0.2, 0.25) is 0 Å². The topological polar surface area (TPSA) is 56.7 Å². The highest BCUT2D eigenvalue weighted by molar-refractivity contribution is 5.72. The third-order valence-corrected chi connectivity index (χ3v) is 3.00. The molecule has 0 atom stereocenters. The first-order valence-corrected chi connectivity index (χ1v) is 5.66. The molecule has 5 heteroatoms. The van der Waals surface area contributed by atoms with Crippen LogP contribution in [-0.2, 0) is 17.8 Å². The molecule has 1 aromatic rings. The van der Waals surface area contributed by atoms with Crippen LogP contribution in [0, 0.1) is 0 Å². The fraction of sp³-hybridized carbons (Fsp3) is 0.500. The molecule has 2 rings (SSSR count). The van der Waals surface area contributed by atoms with Crippen LogP contribution in [0.1, 0.15) is 11.3 Å². The molecule has 0 fully saturated rings. The molecule has 0 saturated heterocycles. The van der Waals surface area contributed by atoms with Crippen molar-refractivity contribution < 1.29 is 9.90 Å². The minimum atomic E-state index is -0.843. The Labute approximate surface area is 101 Å². The summed E-state index contributed by atoms with van der Waals surface area (Å²) in [6.07, 6.45) is 1.02. The number of likely N-dealkylation sites (N-methyl/N-ethyl adjacent to an activating group) is 2. The normalized spacial score (nSPS) is 15.4. The Morgan fingerprint density at radius 3 is 3.06 bits per heavy atom. The second-order valence-corrected chi connectivity index (χ2v) is 4.51. The summed E-state index contributed by atoms with van der Waals surface area (Å²) in [4.78, 5) is 19.1. The first-order valence-electron chi connectivity index (χ1n) is 5.66. The lowest BCUT2D eigenvalue weighted by Crippen LogP contribution is -2.30. The number of fused-ring (bicyclic) bond motifs is 1. The van der Waals surface area contributed by atoms with Crippen LogP contribution in [0.3, 0.4) is 0 Å². The Kier molecular flexibility index (Phi) is 3.28. The molecule has 0 aromatic carbocycles. The Morgan fingerprint density at radius 1 is 1.59 bits per heavy atom. The van der Waals surface area contributed by atoms with Gasteiger partial charge in [0.1, 0.15) is 12.4 Å². The lowest BCUT2D eigenvalue weighted by molar-refractivity contribution is -0.135. The number of anilines is 1. The number of carboxylic acid groups (broad SMARTS) is 1. The maximum absolute atomic E-state index is 10.6. The number of hydrogen-bond donors (Lipinski definition) is 1. The van der Waals surface area contributed by atoms with Gasteiger partial charge in [-0.1, -0.05) is 6.07 Å². The zero-order valence-corrected chi connectivity index (χ0v) is 10.2. The van der Waals surface area contributed by atoms with Crippen molar-refractivity contribution in [3.63, 3.8) is 0 Å². The molecule has 0 spiro atoms. The van der Waals surface area contributed by atoms with E-state index in [2.05, 4.69) is 23.0 Å². The predicted octanol–water partition coefficient (Wildman–Crippen LogP) is 0.590. The minimum Gasteiger partial charge on any atom is -0.480 e. The van der Waals surface area contributed by atoms with Crippen LogP contribution >= 0.6 is 0 Å². The molecule has 1 aliphatic heterocycles. The average Bonchev–Trinajstić information content (AvgIpc) is 2.27. The predicted molar refractivity (Wildman–Crippen MR) is 65.2 cm³/mol. The summed E-state index contributed by atoms with van der Waals surface area (Å²) in [6, 6.07) is 3.95. The van der Waals surface area contributed by atoms with Crippen molar-refractivity contribution in [3.8, 4) is 0 Å². The van der Waals surface area contributed by atoms with E-state index in [0.717, 1.165) is 31.0 Å². The summed E-state index contributed by atoms with van der Waals surface area (Å²) >= 11 is 0. The van der Waals surface area contributed by atoms with Gasteiger partial charge in [0.25, 0.3) is 0 Å². The first-order chi connectivity index (χ1) is 8.06. The maximum Gasteiger partial charge on any atom is 0.323 e. The number of nitrogens with zero attached hydrogens (tertiary/aromatic N) is 3. The molecule has 92 valence electrons. The SMILES string of the molecule is CN1CCc2ccc(N(C)CC(=O)O)nc2C1. The number of pyridine rings is 1. The van der Waals surface area contributed by atoms with Crippen LogP contribution in [0.4, 0.5) is 5.82 Å². The van der Waals surface area contributed by atoms with Crippen LogP contribution in [-0.4, -0.2) is 48.1 Å².